The van der Waals surface area contributed by atoms with Crippen molar-refractivity contribution in [1.29, 1.82) is 0 Å². The lowest BCUT2D eigenvalue weighted by atomic mass is 9.86. The average molecular weight is 297 g/mol. The van der Waals surface area contributed by atoms with Crippen LogP contribution >= 0.6 is 0 Å². The molecule has 0 spiro atoms. The predicted molar refractivity (Wildman–Crippen MR) is 88.6 cm³/mol. The van der Waals surface area contributed by atoms with Gasteiger partial charge in [0.25, 0.3) is 0 Å². The van der Waals surface area contributed by atoms with E-state index < -0.39 is 0 Å². The van der Waals surface area contributed by atoms with E-state index in [9.17, 15) is 0 Å². The molecule has 0 amide bonds. The molecule has 2 heterocycles. The molecule has 0 bridgehead atoms. The molecule has 21 heavy (non-hydrogen) atoms. The van der Waals surface area contributed by atoms with E-state index in [1.165, 1.54) is 64.7 Å². The maximum absolute atomic E-state index is 6.28. The number of ether oxygens (including phenoxy) is 1. The van der Waals surface area contributed by atoms with Gasteiger partial charge in [0, 0.05) is 25.2 Å². The van der Waals surface area contributed by atoms with Crippen molar-refractivity contribution in [2.24, 2.45) is 5.73 Å². The summed E-state index contributed by atoms with van der Waals surface area (Å²) < 4.78 is 5.89. The molecule has 2 unspecified atom stereocenters. The molecule has 0 saturated carbocycles. The first-order valence-electron chi connectivity index (χ1n) is 9.03. The van der Waals surface area contributed by atoms with Crippen LogP contribution in [0.5, 0.6) is 0 Å². The van der Waals surface area contributed by atoms with E-state index in [-0.39, 0.29) is 5.54 Å². The molecule has 2 rings (SSSR count). The second kappa shape index (κ2) is 8.47. The van der Waals surface area contributed by atoms with Gasteiger partial charge in [-0.05, 0) is 71.6 Å². The Morgan fingerprint density at radius 1 is 1.14 bits per heavy atom. The number of nitrogens with zero attached hydrogens (tertiary/aromatic N) is 2. The Kier molecular flexibility index (Phi) is 6.93. The third kappa shape index (κ3) is 4.41. The first-order valence-corrected chi connectivity index (χ1v) is 9.03. The summed E-state index contributed by atoms with van der Waals surface area (Å²) in [5.41, 5.74) is 6.50. The van der Waals surface area contributed by atoms with E-state index in [2.05, 4.69) is 23.6 Å². The predicted octanol–water partition coefficient (Wildman–Crippen LogP) is 2.08. The second-order valence-electron chi connectivity index (χ2n) is 6.79. The summed E-state index contributed by atoms with van der Waals surface area (Å²) >= 11 is 0. The fourth-order valence-corrected chi connectivity index (χ4v) is 4.16. The lowest BCUT2D eigenvalue weighted by Crippen LogP contribution is -2.58. The number of hydrogen-bond acceptors (Lipinski definition) is 4. The van der Waals surface area contributed by atoms with Crippen molar-refractivity contribution in [3.05, 3.63) is 0 Å². The highest BCUT2D eigenvalue weighted by Gasteiger charge is 2.39. The highest BCUT2D eigenvalue weighted by atomic mass is 16.5. The molecule has 0 aliphatic carbocycles. The molecule has 0 aromatic rings. The number of nitrogens with two attached hydrogens (primary N) is 1. The van der Waals surface area contributed by atoms with Gasteiger partial charge in [-0.25, -0.2) is 0 Å². The fraction of sp³-hybridized carbons (Fsp3) is 1.00. The van der Waals surface area contributed by atoms with Gasteiger partial charge in [0.05, 0.1) is 6.10 Å². The minimum absolute atomic E-state index is 0.220. The van der Waals surface area contributed by atoms with Crippen LogP contribution in [0, 0.1) is 0 Å². The Morgan fingerprint density at radius 3 is 2.71 bits per heavy atom. The maximum atomic E-state index is 6.28. The molecular formula is C17H35N3O. The van der Waals surface area contributed by atoms with Crippen LogP contribution in [0.3, 0.4) is 0 Å². The van der Waals surface area contributed by atoms with Gasteiger partial charge < -0.3 is 15.4 Å². The number of hydrogen-bond donors (Lipinski definition) is 1. The third-order valence-electron chi connectivity index (χ3n) is 5.38. The highest BCUT2D eigenvalue weighted by molar-refractivity contribution is 4.96. The van der Waals surface area contributed by atoms with E-state index in [1.807, 2.05) is 0 Å². The maximum Gasteiger partial charge on any atom is 0.0702 e. The van der Waals surface area contributed by atoms with Crippen LogP contribution in [-0.2, 0) is 4.74 Å². The molecule has 124 valence electrons. The normalized spacial score (nSPS) is 33.0. The van der Waals surface area contributed by atoms with E-state index >= 15 is 0 Å². The Morgan fingerprint density at radius 2 is 2.00 bits per heavy atom. The zero-order chi connectivity index (χ0) is 15.1. The first kappa shape index (κ1) is 17.2. The number of likely N-dealkylation sites (tertiary alicyclic amines) is 2. The van der Waals surface area contributed by atoms with Gasteiger partial charge in [-0.15, -0.1) is 0 Å². The quantitative estimate of drug-likeness (QED) is 0.815. The zero-order valence-electron chi connectivity index (χ0n) is 14.1. The van der Waals surface area contributed by atoms with Crippen LogP contribution in [0.25, 0.3) is 0 Å². The summed E-state index contributed by atoms with van der Waals surface area (Å²) in [4.78, 5) is 5.30. The standard InChI is InChI=1S/C17H35N3O/c1-3-10-19-11-6-8-17(15-18,9-13-19)20-12-5-7-16(14-20)21-4-2/h16H,3-15,18H2,1-2H3. The van der Waals surface area contributed by atoms with Crippen LogP contribution < -0.4 is 5.73 Å². The Labute approximate surface area is 131 Å². The van der Waals surface area contributed by atoms with Crippen LogP contribution in [0.2, 0.25) is 0 Å². The van der Waals surface area contributed by atoms with Gasteiger partial charge in [0.2, 0.25) is 0 Å². The van der Waals surface area contributed by atoms with Crippen LogP contribution in [-0.4, -0.2) is 67.3 Å². The van der Waals surface area contributed by atoms with Gasteiger partial charge in [-0.2, -0.15) is 0 Å². The van der Waals surface area contributed by atoms with Gasteiger partial charge in [-0.1, -0.05) is 6.92 Å². The summed E-state index contributed by atoms with van der Waals surface area (Å²) in [5, 5.41) is 0. The summed E-state index contributed by atoms with van der Waals surface area (Å²) in [6.45, 7) is 12.0. The minimum atomic E-state index is 0.220. The largest absolute Gasteiger partial charge is 0.377 e. The zero-order valence-corrected chi connectivity index (χ0v) is 14.1. The molecule has 2 N–H and O–H groups in total. The molecule has 2 atom stereocenters. The summed E-state index contributed by atoms with van der Waals surface area (Å²) in [6.07, 6.45) is 7.91. The van der Waals surface area contributed by atoms with Gasteiger partial charge >= 0.3 is 0 Å². The molecule has 0 aromatic carbocycles. The van der Waals surface area contributed by atoms with Crippen molar-refractivity contribution >= 4 is 0 Å². The van der Waals surface area contributed by atoms with Crippen molar-refractivity contribution in [3.63, 3.8) is 0 Å². The molecule has 2 fully saturated rings. The summed E-state index contributed by atoms with van der Waals surface area (Å²) in [5.74, 6) is 0. The van der Waals surface area contributed by atoms with Crippen LogP contribution in [0.4, 0.5) is 0 Å². The molecule has 4 nitrogen and oxygen atoms in total. The monoisotopic (exact) mass is 297 g/mol. The topological polar surface area (TPSA) is 41.7 Å². The highest BCUT2D eigenvalue weighted by Crippen LogP contribution is 2.31. The van der Waals surface area contributed by atoms with Crippen molar-refractivity contribution in [1.82, 2.24) is 9.80 Å². The van der Waals surface area contributed by atoms with Crippen molar-refractivity contribution < 1.29 is 4.74 Å². The average Bonchev–Trinajstić information content (AvgIpc) is 2.72. The van der Waals surface area contributed by atoms with Crippen LogP contribution in [0.1, 0.15) is 52.4 Å². The lowest BCUT2D eigenvalue weighted by molar-refractivity contribution is -0.0369. The minimum Gasteiger partial charge on any atom is -0.377 e. The number of piperidine rings is 1. The molecule has 2 aliphatic rings. The summed E-state index contributed by atoms with van der Waals surface area (Å²) in [6, 6.07) is 0. The van der Waals surface area contributed by atoms with Crippen molar-refractivity contribution in [2.45, 2.75) is 64.0 Å². The molecule has 4 heteroatoms. The van der Waals surface area contributed by atoms with Crippen molar-refractivity contribution in [3.8, 4) is 0 Å². The SMILES string of the molecule is CCCN1CCCC(CN)(N2CCCC(OCC)C2)CC1. The van der Waals surface area contributed by atoms with Gasteiger partial charge in [-0.3, -0.25) is 4.90 Å². The van der Waals surface area contributed by atoms with E-state index in [0.29, 0.717) is 6.10 Å². The number of rotatable bonds is 6. The lowest BCUT2D eigenvalue weighted by Gasteiger charge is -2.47. The van der Waals surface area contributed by atoms with E-state index in [1.54, 1.807) is 0 Å². The van der Waals surface area contributed by atoms with Crippen molar-refractivity contribution in [2.75, 3.05) is 45.9 Å². The third-order valence-corrected chi connectivity index (χ3v) is 5.38. The van der Waals surface area contributed by atoms with Gasteiger partial charge in [0.15, 0.2) is 0 Å². The molecule has 0 aromatic heterocycles. The Balaban J connectivity index is 1.99. The molecular weight excluding hydrogens is 262 g/mol. The summed E-state index contributed by atoms with van der Waals surface area (Å²) in [7, 11) is 0. The fourth-order valence-electron chi connectivity index (χ4n) is 4.16. The molecule has 2 aliphatic heterocycles. The molecule has 2 saturated heterocycles. The Hall–Kier alpha value is -0.160. The van der Waals surface area contributed by atoms with E-state index in [4.69, 9.17) is 10.5 Å². The van der Waals surface area contributed by atoms with Crippen LogP contribution in [0.15, 0.2) is 0 Å². The smallest absolute Gasteiger partial charge is 0.0702 e. The molecule has 0 radical (unpaired) electrons. The second-order valence-corrected chi connectivity index (χ2v) is 6.79. The Bertz CT molecular complexity index is 298. The van der Waals surface area contributed by atoms with E-state index in [0.717, 1.165) is 19.7 Å². The van der Waals surface area contributed by atoms with Gasteiger partial charge in [0.1, 0.15) is 0 Å². The first-order chi connectivity index (χ1) is 10.2.